The fourth-order valence-electron chi connectivity index (χ4n) is 3.91. The highest BCUT2D eigenvalue weighted by molar-refractivity contribution is 5.73. The second-order valence-corrected chi connectivity index (χ2v) is 9.28. The standard InChI is InChI=1S/C22H29F2NO7/c1-21(2,3)32-20(27)25-14(10-15(26)28-6)17-19-18(30-22(4,5)31-19)16(29-17)12-8-7-11(23)9-13(12)24/h7-9,14,16-19H,10H2,1-6H3,(H,25,27)/t14-,16-,17+,18+,19-/m0/s1. The Balaban J connectivity index is 1.92. The first kappa shape index (κ1) is 24.3. The molecule has 32 heavy (non-hydrogen) atoms. The van der Waals surface area contributed by atoms with Crippen LogP contribution >= 0.6 is 0 Å². The van der Waals surface area contributed by atoms with Crippen LogP contribution < -0.4 is 5.32 Å². The third kappa shape index (κ3) is 5.54. The number of hydrogen-bond acceptors (Lipinski definition) is 7. The molecule has 2 aliphatic heterocycles. The van der Waals surface area contributed by atoms with E-state index in [1.807, 2.05) is 0 Å². The Bertz CT molecular complexity index is 870. The number of carbonyl (C=O) groups excluding carboxylic acids is 2. The van der Waals surface area contributed by atoms with Gasteiger partial charge in [-0.05, 0) is 40.7 Å². The van der Waals surface area contributed by atoms with Crippen molar-refractivity contribution < 1.29 is 42.1 Å². The summed E-state index contributed by atoms with van der Waals surface area (Å²) in [6, 6.07) is 2.24. The summed E-state index contributed by atoms with van der Waals surface area (Å²) in [6.45, 7) is 8.49. The summed E-state index contributed by atoms with van der Waals surface area (Å²) in [4.78, 5) is 24.5. The van der Waals surface area contributed by atoms with Gasteiger partial charge in [0, 0.05) is 11.6 Å². The average molecular weight is 457 g/mol. The van der Waals surface area contributed by atoms with Gasteiger partial charge in [-0.1, -0.05) is 6.07 Å². The summed E-state index contributed by atoms with van der Waals surface area (Å²) >= 11 is 0. The van der Waals surface area contributed by atoms with Gasteiger partial charge in [0.2, 0.25) is 0 Å². The fourth-order valence-corrected chi connectivity index (χ4v) is 3.91. The maximum Gasteiger partial charge on any atom is 0.407 e. The normalized spacial score (nSPS) is 27.5. The minimum absolute atomic E-state index is 0.0827. The number of ether oxygens (including phenoxy) is 5. The van der Waals surface area contributed by atoms with E-state index in [1.54, 1.807) is 34.6 Å². The van der Waals surface area contributed by atoms with Crippen LogP contribution in [-0.4, -0.2) is 54.9 Å². The van der Waals surface area contributed by atoms with Crippen LogP contribution in [0.4, 0.5) is 13.6 Å². The molecule has 1 aromatic rings. The highest BCUT2D eigenvalue weighted by Gasteiger charge is 2.58. The lowest BCUT2D eigenvalue weighted by Gasteiger charge is -2.30. The molecule has 1 amide bonds. The Labute approximate surface area is 185 Å². The van der Waals surface area contributed by atoms with Gasteiger partial charge in [0.05, 0.1) is 19.6 Å². The van der Waals surface area contributed by atoms with Crippen molar-refractivity contribution in [1.29, 1.82) is 0 Å². The lowest BCUT2D eigenvalue weighted by atomic mass is 9.97. The number of carbonyl (C=O) groups is 2. The van der Waals surface area contributed by atoms with Gasteiger partial charge in [-0.15, -0.1) is 0 Å². The van der Waals surface area contributed by atoms with Crippen LogP contribution in [0.2, 0.25) is 0 Å². The van der Waals surface area contributed by atoms with Crippen LogP contribution in [0.3, 0.4) is 0 Å². The van der Waals surface area contributed by atoms with Crippen molar-refractivity contribution in [3.63, 3.8) is 0 Å². The number of hydrogen-bond donors (Lipinski definition) is 1. The molecule has 5 atom stereocenters. The smallest absolute Gasteiger partial charge is 0.407 e. The monoisotopic (exact) mass is 457 g/mol. The number of fused-ring (bicyclic) bond motifs is 1. The van der Waals surface area contributed by atoms with Crippen molar-refractivity contribution >= 4 is 12.1 Å². The predicted molar refractivity (Wildman–Crippen MR) is 108 cm³/mol. The third-order valence-electron chi connectivity index (χ3n) is 5.07. The van der Waals surface area contributed by atoms with Crippen LogP contribution in [0.1, 0.15) is 52.7 Å². The van der Waals surface area contributed by atoms with Gasteiger partial charge in [-0.25, -0.2) is 13.6 Å². The maximum absolute atomic E-state index is 14.6. The molecule has 2 saturated heterocycles. The Morgan fingerprint density at radius 3 is 2.44 bits per heavy atom. The van der Waals surface area contributed by atoms with E-state index in [4.69, 9.17) is 23.7 Å². The van der Waals surface area contributed by atoms with E-state index in [0.29, 0.717) is 0 Å². The molecule has 2 aliphatic rings. The molecule has 178 valence electrons. The first-order valence-electron chi connectivity index (χ1n) is 10.3. The lowest BCUT2D eigenvalue weighted by Crippen LogP contribution is -2.51. The van der Waals surface area contributed by atoms with Crippen molar-refractivity contribution in [3.05, 3.63) is 35.4 Å². The first-order valence-corrected chi connectivity index (χ1v) is 10.3. The quantitative estimate of drug-likeness (QED) is 0.678. The second kappa shape index (κ2) is 8.92. The molecule has 1 N–H and O–H groups in total. The molecule has 0 radical (unpaired) electrons. The summed E-state index contributed by atoms with van der Waals surface area (Å²) in [5.74, 6) is -3.14. The molecule has 0 aromatic heterocycles. The van der Waals surface area contributed by atoms with Gasteiger partial charge < -0.3 is 29.0 Å². The topological polar surface area (TPSA) is 92.3 Å². The number of benzene rings is 1. The van der Waals surface area contributed by atoms with Crippen molar-refractivity contribution in [2.75, 3.05) is 7.11 Å². The Morgan fingerprint density at radius 2 is 1.84 bits per heavy atom. The van der Waals surface area contributed by atoms with E-state index in [-0.39, 0.29) is 12.0 Å². The van der Waals surface area contributed by atoms with Crippen LogP contribution in [-0.2, 0) is 28.5 Å². The van der Waals surface area contributed by atoms with Gasteiger partial charge in [0.15, 0.2) is 5.79 Å². The number of rotatable bonds is 5. The predicted octanol–water partition coefficient (Wildman–Crippen LogP) is 3.38. The largest absolute Gasteiger partial charge is 0.469 e. The Morgan fingerprint density at radius 1 is 1.19 bits per heavy atom. The summed E-state index contributed by atoms with van der Waals surface area (Å²) in [5, 5.41) is 2.64. The molecule has 0 spiro atoms. The molecule has 1 aromatic carbocycles. The number of nitrogens with one attached hydrogen (secondary N) is 1. The molecule has 0 unspecified atom stereocenters. The van der Waals surface area contributed by atoms with Gasteiger partial charge in [0.1, 0.15) is 41.7 Å². The third-order valence-corrected chi connectivity index (χ3v) is 5.07. The maximum atomic E-state index is 14.6. The van der Waals surface area contributed by atoms with Crippen molar-refractivity contribution in [3.8, 4) is 0 Å². The van der Waals surface area contributed by atoms with Gasteiger partial charge in [0.25, 0.3) is 0 Å². The average Bonchev–Trinajstić information content (AvgIpc) is 3.12. The molecule has 8 nitrogen and oxygen atoms in total. The minimum Gasteiger partial charge on any atom is -0.469 e. The number of amides is 1. The minimum atomic E-state index is -1.02. The zero-order valence-electron chi connectivity index (χ0n) is 18.9. The molecule has 0 bridgehead atoms. The first-order chi connectivity index (χ1) is 14.8. The van der Waals surface area contributed by atoms with Gasteiger partial charge in [-0.2, -0.15) is 0 Å². The highest BCUT2D eigenvalue weighted by atomic mass is 19.1. The van der Waals surface area contributed by atoms with Crippen LogP contribution in [0.15, 0.2) is 18.2 Å². The van der Waals surface area contributed by atoms with Crippen LogP contribution in [0.5, 0.6) is 0 Å². The van der Waals surface area contributed by atoms with Crippen molar-refractivity contribution in [2.45, 2.75) is 82.9 Å². The van der Waals surface area contributed by atoms with Crippen LogP contribution in [0, 0.1) is 11.6 Å². The molecular weight excluding hydrogens is 428 g/mol. The van der Waals surface area contributed by atoms with Crippen LogP contribution in [0.25, 0.3) is 0 Å². The SMILES string of the molecule is COC(=O)C[C@H](NC(=O)OC(C)(C)C)[C@H]1O[C@@H](c2ccc(F)cc2F)[C@H]2OC(C)(C)O[C@@H]12. The van der Waals surface area contributed by atoms with E-state index >= 15 is 0 Å². The molecule has 2 fully saturated rings. The Kier molecular flexibility index (Phi) is 6.78. The van der Waals surface area contributed by atoms with E-state index in [2.05, 4.69) is 5.32 Å². The number of alkyl carbamates (subject to hydrolysis) is 1. The molecule has 10 heteroatoms. The second-order valence-electron chi connectivity index (χ2n) is 9.28. The summed E-state index contributed by atoms with van der Waals surface area (Å²) < 4.78 is 56.1. The molecular formula is C22H29F2NO7. The summed E-state index contributed by atoms with van der Waals surface area (Å²) in [7, 11) is 1.22. The Hall–Kier alpha value is -2.30. The zero-order chi connectivity index (χ0) is 23.8. The van der Waals surface area contributed by atoms with E-state index in [1.165, 1.54) is 13.2 Å². The summed E-state index contributed by atoms with van der Waals surface area (Å²) in [5.41, 5.74) is -0.687. The van der Waals surface area contributed by atoms with Gasteiger partial charge >= 0.3 is 12.1 Å². The summed E-state index contributed by atoms with van der Waals surface area (Å²) in [6.07, 6.45) is -4.36. The number of halogens is 2. The molecule has 2 heterocycles. The lowest BCUT2D eigenvalue weighted by molar-refractivity contribution is -0.191. The number of methoxy groups -OCH3 is 1. The molecule has 3 rings (SSSR count). The van der Waals surface area contributed by atoms with Crippen molar-refractivity contribution in [1.82, 2.24) is 5.32 Å². The van der Waals surface area contributed by atoms with Crippen molar-refractivity contribution in [2.24, 2.45) is 0 Å². The van der Waals surface area contributed by atoms with E-state index in [9.17, 15) is 18.4 Å². The van der Waals surface area contributed by atoms with E-state index < -0.39 is 65.5 Å². The molecule has 0 saturated carbocycles. The zero-order valence-corrected chi connectivity index (χ0v) is 18.9. The highest BCUT2D eigenvalue weighted by Crippen LogP contribution is 2.46. The van der Waals surface area contributed by atoms with E-state index in [0.717, 1.165) is 12.1 Å². The fraction of sp³-hybridized carbons (Fsp3) is 0.636. The molecule has 0 aliphatic carbocycles. The number of esters is 1. The van der Waals surface area contributed by atoms with Gasteiger partial charge in [-0.3, -0.25) is 4.79 Å².